The molecule has 0 amide bonds. The largest absolute Gasteiger partial charge is 0.318 e. The van der Waals surface area contributed by atoms with Crippen LogP contribution < -0.4 is 5.32 Å². The fraction of sp³-hybridized carbons (Fsp3) is 0.238. The van der Waals surface area contributed by atoms with Crippen molar-refractivity contribution in [1.29, 1.82) is 0 Å². The number of hydrogen-bond acceptors (Lipinski definition) is 1. The quantitative estimate of drug-likeness (QED) is 0.721. The highest BCUT2D eigenvalue weighted by Gasteiger charge is 2.19. The summed E-state index contributed by atoms with van der Waals surface area (Å²) in [5.74, 6) is -0.175. The second-order valence-corrected chi connectivity index (χ2v) is 6.53. The Labute approximate surface area is 141 Å². The van der Waals surface area contributed by atoms with Gasteiger partial charge in [0, 0.05) is 29.4 Å². The molecule has 0 saturated carbocycles. The molecule has 0 bridgehead atoms. The first-order valence-corrected chi connectivity index (χ1v) is 8.41. The molecular formula is C21H21FN2. The van der Waals surface area contributed by atoms with Gasteiger partial charge in [-0.15, -0.1) is 0 Å². The molecule has 1 N–H and O–H groups in total. The highest BCUT2D eigenvalue weighted by Crippen LogP contribution is 2.31. The lowest BCUT2D eigenvalue weighted by Gasteiger charge is -2.16. The van der Waals surface area contributed by atoms with Gasteiger partial charge >= 0.3 is 0 Å². The van der Waals surface area contributed by atoms with E-state index >= 15 is 0 Å². The van der Waals surface area contributed by atoms with Crippen molar-refractivity contribution in [2.45, 2.75) is 26.8 Å². The van der Waals surface area contributed by atoms with Gasteiger partial charge in [0.25, 0.3) is 0 Å². The smallest absolute Gasteiger partial charge is 0.130 e. The van der Waals surface area contributed by atoms with E-state index in [1.54, 1.807) is 6.07 Å². The Morgan fingerprint density at radius 3 is 2.88 bits per heavy atom. The normalized spacial score (nSPS) is 14.9. The molecule has 3 heteroatoms. The summed E-state index contributed by atoms with van der Waals surface area (Å²) in [4.78, 5) is 0. The van der Waals surface area contributed by atoms with Crippen LogP contribution in [0.1, 0.15) is 29.3 Å². The van der Waals surface area contributed by atoms with Crippen LogP contribution in [0.25, 0.3) is 22.7 Å². The zero-order chi connectivity index (χ0) is 16.7. The molecule has 0 saturated heterocycles. The van der Waals surface area contributed by atoms with Gasteiger partial charge in [-0.1, -0.05) is 29.8 Å². The van der Waals surface area contributed by atoms with Gasteiger partial charge in [0.1, 0.15) is 5.82 Å². The second-order valence-electron chi connectivity index (χ2n) is 6.53. The summed E-state index contributed by atoms with van der Waals surface area (Å²) in [5.41, 5.74) is 6.77. The van der Waals surface area contributed by atoms with Crippen LogP contribution >= 0.6 is 0 Å². The topological polar surface area (TPSA) is 17.0 Å². The number of aryl methyl sites for hydroxylation is 1. The number of rotatable bonds is 2. The first kappa shape index (κ1) is 15.2. The minimum absolute atomic E-state index is 0.175. The van der Waals surface area contributed by atoms with Crippen LogP contribution in [0.15, 0.2) is 42.5 Å². The van der Waals surface area contributed by atoms with Gasteiger partial charge in [-0.05, 0) is 56.1 Å². The number of fused-ring (bicyclic) bond motifs is 3. The zero-order valence-corrected chi connectivity index (χ0v) is 14.1. The van der Waals surface area contributed by atoms with Crippen LogP contribution in [-0.2, 0) is 13.0 Å². The predicted molar refractivity (Wildman–Crippen MR) is 98.3 cm³/mol. The Morgan fingerprint density at radius 2 is 2.04 bits per heavy atom. The van der Waals surface area contributed by atoms with Crippen LogP contribution in [0.4, 0.5) is 4.39 Å². The lowest BCUT2D eigenvalue weighted by Crippen LogP contribution is -2.24. The average Bonchev–Trinajstić information content (AvgIpc) is 2.89. The van der Waals surface area contributed by atoms with Crippen LogP contribution in [0.5, 0.6) is 0 Å². The molecule has 0 fully saturated rings. The minimum atomic E-state index is -0.175. The fourth-order valence-corrected chi connectivity index (χ4v) is 3.63. The lowest BCUT2D eigenvalue weighted by molar-refractivity contribution is 0.623. The number of hydrogen-bond donors (Lipinski definition) is 1. The van der Waals surface area contributed by atoms with E-state index in [2.05, 4.69) is 41.2 Å². The maximum absolute atomic E-state index is 14.1. The summed E-state index contributed by atoms with van der Waals surface area (Å²) in [6.45, 7) is 5.96. The van der Waals surface area contributed by atoms with Crippen molar-refractivity contribution >= 4 is 22.7 Å². The first-order chi connectivity index (χ1) is 11.6. The number of allylic oxidation sites excluding steroid dienone is 1. The van der Waals surface area contributed by atoms with E-state index in [1.807, 2.05) is 19.1 Å². The van der Waals surface area contributed by atoms with Gasteiger partial charge in [0.05, 0.1) is 5.52 Å². The van der Waals surface area contributed by atoms with Gasteiger partial charge in [0.2, 0.25) is 0 Å². The summed E-state index contributed by atoms with van der Waals surface area (Å²) in [6.07, 6.45) is 3.11. The van der Waals surface area contributed by atoms with E-state index in [-0.39, 0.29) is 5.82 Å². The Balaban J connectivity index is 1.94. The molecule has 122 valence electrons. The zero-order valence-electron chi connectivity index (χ0n) is 14.1. The minimum Gasteiger partial charge on any atom is -0.318 e. The van der Waals surface area contributed by atoms with Crippen molar-refractivity contribution in [3.05, 3.63) is 70.7 Å². The Kier molecular flexibility index (Phi) is 3.73. The highest BCUT2D eigenvalue weighted by atomic mass is 19.1. The molecule has 1 aliphatic rings. The summed E-state index contributed by atoms with van der Waals surface area (Å²) < 4.78 is 16.3. The monoisotopic (exact) mass is 320 g/mol. The van der Waals surface area contributed by atoms with Crippen molar-refractivity contribution in [2.24, 2.45) is 0 Å². The van der Waals surface area contributed by atoms with Crippen molar-refractivity contribution in [3.63, 3.8) is 0 Å². The molecule has 2 nitrogen and oxygen atoms in total. The van der Waals surface area contributed by atoms with Crippen LogP contribution in [0.2, 0.25) is 0 Å². The molecule has 3 aromatic rings. The molecule has 0 aliphatic carbocycles. The SMILES string of the molecule is C/C(=C/n1c2c(c3cc(C)ccc31)CCNC2)c1ccccc1F. The molecule has 0 spiro atoms. The van der Waals surface area contributed by atoms with Crippen LogP contribution in [0.3, 0.4) is 0 Å². The third-order valence-corrected chi connectivity index (χ3v) is 4.84. The van der Waals surface area contributed by atoms with Gasteiger partial charge in [-0.2, -0.15) is 0 Å². The Hall–Kier alpha value is -2.39. The van der Waals surface area contributed by atoms with Crippen molar-refractivity contribution in [3.8, 4) is 0 Å². The summed E-state index contributed by atoms with van der Waals surface area (Å²) in [6, 6.07) is 13.5. The van der Waals surface area contributed by atoms with Crippen molar-refractivity contribution < 1.29 is 4.39 Å². The summed E-state index contributed by atoms with van der Waals surface area (Å²) in [7, 11) is 0. The molecule has 1 aromatic heterocycles. The van der Waals surface area contributed by atoms with E-state index in [0.717, 1.165) is 25.1 Å². The maximum atomic E-state index is 14.1. The highest BCUT2D eigenvalue weighted by molar-refractivity contribution is 5.90. The van der Waals surface area contributed by atoms with E-state index in [9.17, 15) is 4.39 Å². The Bertz CT molecular complexity index is 950. The van der Waals surface area contributed by atoms with Gasteiger partial charge in [0.15, 0.2) is 0 Å². The molecular weight excluding hydrogens is 299 g/mol. The number of nitrogens with one attached hydrogen (secondary N) is 1. The number of halogens is 1. The van der Waals surface area contributed by atoms with Crippen molar-refractivity contribution in [1.82, 2.24) is 9.88 Å². The third kappa shape index (κ3) is 2.45. The van der Waals surface area contributed by atoms with E-state index in [4.69, 9.17) is 0 Å². The number of nitrogens with zero attached hydrogens (tertiary/aromatic N) is 1. The molecule has 2 aromatic carbocycles. The van der Waals surface area contributed by atoms with Gasteiger partial charge < -0.3 is 9.88 Å². The number of benzene rings is 2. The number of aromatic nitrogens is 1. The summed E-state index contributed by atoms with van der Waals surface area (Å²) in [5, 5.41) is 4.78. The summed E-state index contributed by atoms with van der Waals surface area (Å²) >= 11 is 0. The Morgan fingerprint density at radius 1 is 1.21 bits per heavy atom. The van der Waals surface area contributed by atoms with Crippen molar-refractivity contribution in [2.75, 3.05) is 6.54 Å². The van der Waals surface area contributed by atoms with E-state index in [0.29, 0.717) is 5.56 Å². The van der Waals surface area contributed by atoms with E-state index in [1.165, 1.54) is 33.8 Å². The fourth-order valence-electron chi connectivity index (χ4n) is 3.63. The third-order valence-electron chi connectivity index (χ3n) is 4.84. The predicted octanol–water partition coefficient (Wildman–Crippen LogP) is 4.75. The molecule has 2 heterocycles. The molecule has 4 rings (SSSR count). The van der Waals surface area contributed by atoms with Gasteiger partial charge in [-0.3, -0.25) is 0 Å². The van der Waals surface area contributed by atoms with Crippen LogP contribution in [-0.4, -0.2) is 11.1 Å². The second kappa shape index (κ2) is 5.91. The van der Waals surface area contributed by atoms with Gasteiger partial charge in [-0.25, -0.2) is 4.39 Å². The molecule has 0 radical (unpaired) electrons. The molecule has 24 heavy (non-hydrogen) atoms. The molecule has 0 atom stereocenters. The van der Waals surface area contributed by atoms with E-state index < -0.39 is 0 Å². The maximum Gasteiger partial charge on any atom is 0.130 e. The standard InChI is InChI=1S/C21H21FN2/c1-14-7-8-20-18(11-14)17-9-10-23-12-21(17)24(20)13-15(2)16-5-3-4-6-19(16)22/h3-8,11,13,23H,9-10,12H2,1-2H3/b15-13-. The average molecular weight is 320 g/mol. The molecule has 0 unspecified atom stereocenters. The lowest BCUT2D eigenvalue weighted by atomic mass is 10.0. The first-order valence-electron chi connectivity index (χ1n) is 8.41. The molecule has 1 aliphatic heterocycles. The van der Waals surface area contributed by atoms with Crippen LogP contribution in [0, 0.1) is 12.7 Å².